The molecule has 3 heteroatoms. The molecule has 2 N–H and O–H groups in total. The van der Waals surface area contributed by atoms with E-state index in [9.17, 15) is 0 Å². The largest absolute Gasteiger partial charge is 0.330 e. The van der Waals surface area contributed by atoms with Gasteiger partial charge < -0.3 is 5.73 Å². The van der Waals surface area contributed by atoms with E-state index in [4.69, 9.17) is 5.73 Å². The number of nitrogens with two attached hydrogens (primary N) is 1. The van der Waals surface area contributed by atoms with E-state index in [0.717, 1.165) is 30.5 Å². The van der Waals surface area contributed by atoms with E-state index >= 15 is 0 Å². The number of fused-ring (bicyclic) bond motifs is 1. The highest BCUT2D eigenvalue weighted by molar-refractivity contribution is 4.97. The molecule has 3 rings (SSSR count). The van der Waals surface area contributed by atoms with Crippen LogP contribution >= 0.6 is 0 Å². The van der Waals surface area contributed by atoms with Gasteiger partial charge in [-0.1, -0.05) is 13.3 Å². The van der Waals surface area contributed by atoms with Gasteiger partial charge in [-0.05, 0) is 57.2 Å². The van der Waals surface area contributed by atoms with Crippen LogP contribution in [0.4, 0.5) is 0 Å². The van der Waals surface area contributed by atoms with Crippen molar-refractivity contribution in [3.8, 4) is 0 Å². The van der Waals surface area contributed by atoms with Crippen molar-refractivity contribution in [2.75, 3.05) is 32.7 Å². The molecule has 3 heterocycles. The summed E-state index contributed by atoms with van der Waals surface area (Å²) in [6.45, 7) is 8.52. The van der Waals surface area contributed by atoms with Crippen molar-refractivity contribution in [3.63, 3.8) is 0 Å². The summed E-state index contributed by atoms with van der Waals surface area (Å²) in [5.41, 5.74) is 5.95. The first-order chi connectivity index (χ1) is 8.79. The molecule has 4 unspecified atom stereocenters. The summed E-state index contributed by atoms with van der Waals surface area (Å²) in [7, 11) is 0. The fourth-order valence-electron chi connectivity index (χ4n) is 4.43. The van der Waals surface area contributed by atoms with Crippen LogP contribution in [0.1, 0.15) is 39.0 Å². The summed E-state index contributed by atoms with van der Waals surface area (Å²) in [5, 5.41) is 0. The van der Waals surface area contributed by atoms with Crippen LogP contribution in [-0.4, -0.2) is 54.6 Å². The Morgan fingerprint density at radius 2 is 1.72 bits per heavy atom. The summed E-state index contributed by atoms with van der Waals surface area (Å²) in [6, 6.07) is 1.71. The zero-order chi connectivity index (χ0) is 12.5. The minimum Gasteiger partial charge on any atom is -0.330 e. The number of hydrogen-bond acceptors (Lipinski definition) is 3. The third-order valence-corrected chi connectivity index (χ3v) is 5.74. The topological polar surface area (TPSA) is 32.5 Å². The van der Waals surface area contributed by atoms with Crippen molar-refractivity contribution in [2.45, 2.75) is 51.1 Å². The molecular weight excluding hydrogens is 222 g/mol. The molecule has 0 aliphatic carbocycles. The van der Waals surface area contributed by atoms with Gasteiger partial charge in [0, 0.05) is 25.2 Å². The number of nitrogens with zero attached hydrogens (tertiary/aromatic N) is 2. The van der Waals surface area contributed by atoms with Crippen LogP contribution in [0.5, 0.6) is 0 Å². The van der Waals surface area contributed by atoms with Crippen LogP contribution in [0.2, 0.25) is 0 Å². The van der Waals surface area contributed by atoms with Gasteiger partial charge in [0.15, 0.2) is 0 Å². The first-order valence-electron chi connectivity index (χ1n) is 7.97. The molecule has 3 aliphatic rings. The predicted octanol–water partition coefficient (Wildman–Crippen LogP) is 1.53. The lowest BCUT2D eigenvalue weighted by Crippen LogP contribution is -2.52. The summed E-state index contributed by atoms with van der Waals surface area (Å²) in [6.07, 6.45) is 7.05. The minimum atomic E-state index is 0.733. The molecule has 0 aromatic heterocycles. The van der Waals surface area contributed by atoms with E-state index in [1.165, 1.54) is 58.3 Å². The molecule has 3 saturated heterocycles. The van der Waals surface area contributed by atoms with Crippen LogP contribution in [0, 0.1) is 11.8 Å². The van der Waals surface area contributed by atoms with Gasteiger partial charge in [0.1, 0.15) is 0 Å². The third-order valence-electron chi connectivity index (χ3n) is 5.74. The zero-order valence-corrected chi connectivity index (χ0v) is 11.9. The highest BCUT2D eigenvalue weighted by Gasteiger charge is 2.40. The first kappa shape index (κ1) is 12.9. The summed E-state index contributed by atoms with van der Waals surface area (Å²) in [4.78, 5) is 5.54. The highest BCUT2D eigenvalue weighted by atomic mass is 15.3. The van der Waals surface area contributed by atoms with Gasteiger partial charge in [-0.15, -0.1) is 0 Å². The second-order valence-corrected chi connectivity index (χ2v) is 6.71. The van der Waals surface area contributed by atoms with Crippen molar-refractivity contribution in [2.24, 2.45) is 17.6 Å². The summed E-state index contributed by atoms with van der Waals surface area (Å²) < 4.78 is 0. The standard InChI is InChI=1S/C15H29N3/c1-12-5-8-18(11-13(12)10-16)15-6-9-17-7-3-2-4-14(15)17/h12-15H,2-11,16H2,1H3. The Morgan fingerprint density at radius 3 is 2.56 bits per heavy atom. The molecule has 0 aromatic carbocycles. The van der Waals surface area contributed by atoms with Gasteiger partial charge in [-0.3, -0.25) is 9.80 Å². The Labute approximate surface area is 112 Å². The van der Waals surface area contributed by atoms with Crippen LogP contribution in [0.15, 0.2) is 0 Å². The Morgan fingerprint density at radius 1 is 0.944 bits per heavy atom. The van der Waals surface area contributed by atoms with E-state index in [1.807, 2.05) is 0 Å². The van der Waals surface area contributed by atoms with Gasteiger partial charge in [0.25, 0.3) is 0 Å². The molecule has 18 heavy (non-hydrogen) atoms. The molecular formula is C15H29N3. The minimum absolute atomic E-state index is 0.733. The quantitative estimate of drug-likeness (QED) is 0.808. The molecule has 3 fully saturated rings. The Bertz CT molecular complexity index is 281. The summed E-state index contributed by atoms with van der Waals surface area (Å²) >= 11 is 0. The monoisotopic (exact) mass is 251 g/mol. The van der Waals surface area contributed by atoms with E-state index in [2.05, 4.69) is 16.7 Å². The molecule has 3 aliphatic heterocycles. The van der Waals surface area contributed by atoms with Crippen LogP contribution in [0.25, 0.3) is 0 Å². The van der Waals surface area contributed by atoms with Crippen molar-refractivity contribution < 1.29 is 0 Å². The van der Waals surface area contributed by atoms with Gasteiger partial charge >= 0.3 is 0 Å². The van der Waals surface area contributed by atoms with Crippen molar-refractivity contribution in [3.05, 3.63) is 0 Å². The number of hydrogen-bond donors (Lipinski definition) is 1. The van der Waals surface area contributed by atoms with Crippen molar-refractivity contribution in [1.82, 2.24) is 9.80 Å². The summed E-state index contributed by atoms with van der Waals surface area (Å²) in [5.74, 6) is 1.56. The van der Waals surface area contributed by atoms with E-state index in [0.29, 0.717) is 0 Å². The Kier molecular flexibility index (Phi) is 3.92. The molecule has 104 valence electrons. The number of likely N-dealkylation sites (tertiary alicyclic amines) is 1. The lowest BCUT2D eigenvalue weighted by molar-refractivity contribution is 0.0595. The van der Waals surface area contributed by atoms with Gasteiger partial charge in [-0.2, -0.15) is 0 Å². The lowest BCUT2D eigenvalue weighted by atomic mass is 9.85. The van der Waals surface area contributed by atoms with E-state index < -0.39 is 0 Å². The molecule has 0 amide bonds. The SMILES string of the molecule is CC1CCN(C2CCN3CCCCC23)CC1CN. The number of piperidine rings is 2. The zero-order valence-electron chi connectivity index (χ0n) is 11.9. The maximum Gasteiger partial charge on any atom is 0.0263 e. The van der Waals surface area contributed by atoms with Crippen molar-refractivity contribution in [1.29, 1.82) is 0 Å². The third kappa shape index (κ3) is 2.33. The maximum absolute atomic E-state index is 5.95. The smallest absolute Gasteiger partial charge is 0.0263 e. The van der Waals surface area contributed by atoms with Crippen LogP contribution < -0.4 is 5.73 Å². The molecule has 0 spiro atoms. The van der Waals surface area contributed by atoms with E-state index in [-0.39, 0.29) is 0 Å². The molecule has 4 atom stereocenters. The fraction of sp³-hybridized carbons (Fsp3) is 1.00. The maximum atomic E-state index is 5.95. The molecule has 0 saturated carbocycles. The predicted molar refractivity (Wildman–Crippen MR) is 75.5 cm³/mol. The average molecular weight is 251 g/mol. The molecule has 0 bridgehead atoms. The second kappa shape index (κ2) is 5.48. The van der Waals surface area contributed by atoms with Crippen LogP contribution in [-0.2, 0) is 0 Å². The average Bonchev–Trinajstić information content (AvgIpc) is 2.83. The fourth-order valence-corrected chi connectivity index (χ4v) is 4.43. The number of rotatable bonds is 2. The molecule has 0 radical (unpaired) electrons. The molecule has 3 nitrogen and oxygen atoms in total. The van der Waals surface area contributed by atoms with Gasteiger partial charge in [-0.25, -0.2) is 0 Å². The Hall–Kier alpha value is -0.120. The van der Waals surface area contributed by atoms with Crippen molar-refractivity contribution >= 4 is 0 Å². The highest BCUT2D eigenvalue weighted by Crippen LogP contribution is 2.33. The van der Waals surface area contributed by atoms with Crippen LogP contribution in [0.3, 0.4) is 0 Å². The lowest BCUT2D eigenvalue weighted by Gasteiger charge is -2.43. The second-order valence-electron chi connectivity index (χ2n) is 6.71. The Balaban J connectivity index is 1.64. The molecule has 0 aromatic rings. The first-order valence-corrected chi connectivity index (χ1v) is 7.97. The normalized spacial score (nSPS) is 43.0. The van der Waals surface area contributed by atoms with Gasteiger partial charge in [0.05, 0.1) is 0 Å². The van der Waals surface area contributed by atoms with Gasteiger partial charge in [0.2, 0.25) is 0 Å². The van der Waals surface area contributed by atoms with E-state index in [1.54, 1.807) is 0 Å².